The van der Waals surface area contributed by atoms with Gasteiger partial charge < -0.3 is 9.90 Å². The molecular weight excluding hydrogens is 240 g/mol. The van der Waals surface area contributed by atoms with E-state index in [9.17, 15) is 18.3 Å². The lowest BCUT2D eigenvalue weighted by Crippen LogP contribution is -2.30. The summed E-state index contributed by atoms with van der Waals surface area (Å²) in [6, 6.07) is 6.33. The maximum Gasteiger partial charge on any atom is 0.183 e. The van der Waals surface area contributed by atoms with Crippen molar-refractivity contribution in [2.75, 3.05) is 5.75 Å². The van der Waals surface area contributed by atoms with Crippen molar-refractivity contribution in [1.29, 1.82) is 0 Å². The van der Waals surface area contributed by atoms with Crippen LogP contribution in [-0.2, 0) is 14.6 Å². The van der Waals surface area contributed by atoms with Gasteiger partial charge in [-0.25, -0.2) is 8.42 Å². The summed E-state index contributed by atoms with van der Waals surface area (Å²) in [6.07, 6.45) is 0.963. The topological polar surface area (TPSA) is 74.3 Å². The van der Waals surface area contributed by atoms with Crippen molar-refractivity contribution in [1.82, 2.24) is 0 Å². The molecule has 0 aliphatic rings. The average molecular weight is 255 g/mol. The van der Waals surface area contributed by atoms with E-state index in [4.69, 9.17) is 0 Å². The Morgan fingerprint density at radius 3 is 2.24 bits per heavy atom. The molecular formula is C12H15O4S-. The zero-order valence-corrected chi connectivity index (χ0v) is 10.7. The Hall–Kier alpha value is -1.36. The fourth-order valence-corrected chi connectivity index (χ4v) is 2.51. The van der Waals surface area contributed by atoms with Crippen molar-refractivity contribution in [3.63, 3.8) is 0 Å². The molecule has 94 valence electrons. The molecule has 1 aromatic carbocycles. The summed E-state index contributed by atoms with van der Waals surface area (Å²) in [5.41, 5.74) is 1.04. The van der Waals surface area contributed by atoms with E-state index in [-0.39, 0.29) is 4.90 Å². The molecule has 0 aliphatic carbocycles. The van der Waals surface area contributed by atoms with Gasteiger partial charge in [0, 0.05) is 0 Å². The zero-order valence-electron chi connectivity index (χ0n) is 9.84. The van der Waals surface area contributed by atoms with Gasteiger partial charge in [0.1, 0.15) is 0 Å². The van der Waals surface area contributed by atoms with E-state index in [1.807, 2.05) is 13.8 Å². The molecule has 0 heterocycles. The average Bonchev–Trinajstić information content (AvgIpc) is 2.26. The van der Waals surface area contributed by atoms with Crippen LogP contribution in [-0.4, -0.2) is 20.1 Å². The van der Waals surface area contributed by atoms with E-state index in [2.05, 4.69) is 0 Å². The molecule has 1 atom stereocenters. The number of sulfone groups is 1. The van der Waals surface area contributed by atoms with Crippen molar-refractivity contribution in [2.24, 2.45) is 0 Å². The van der Waals surface area contributed by atoms with Gasteiger partial charge in [-0.2, -0.15) is 0 Å². The summed E-state index contributed by atoms with van der Waals surface area (Å²) in [5, 5.41) is 10.3. The summed E-state index contributed by atoms with van der Waals surface area (Å²) < 4.78 is 23.1. The highest BCUT2D eigenvalue weighted by molar-refractivity contribution is 7.92. The van der Waals surface area contributed by atoms with Gasteiger partial charge in [-0.15, -0.1) is 0 Å². The number of carbonyl (C=O) groups is 1. The minimum Gasteiger partial charge on any atom is -0.549 e. The standard InChI is InChI=1S/C12H16O4S/c1-3-9(2)10-4-6-11(7-5-10)17(15,16)8-12(13)14/h4-7,9H,3,8H2,1-2H3,(H,13,14)/p-1. The molecule has 0 saturated carbocycles. The second-order valence-corrected chi connectivity index (χ2v) is 6.00. The first-order chi connectivity index (χ1) is 7.86. The molecule has 0 N–H and O–H groups in total. The number of carbonyl (C=O) groups excluding carboxylic acids is 1. The number of carboxylic acid groups (broad SMARTS) is 1. The summed E-state index contributed by atoms with van der Waals surface area (Å²) >= 11 is 0. The molecule has 0 radical (unpaired) electrons. The number of hydrogen-bond acceptors (Lipinski definition) is 4. The SMILES string of the molecule is CCC(C)c1ccc(S(=O)(=O)CC(=O)[O-])cc1. The lowest BCUT2D eigenvalue weighted by atomic mass is 9.99. The number of hydrogen-bond donors (Lipinski definition) is 0. The predicted molar refractivity (Wildman–Crippen MR) is 62.2 cm³/mol. The van der Waals surface area contributed by atoms with E-state index in [1.54, 1.807) is 12.1 Å². The first-order valence-electron chi connectivity index (χ1n) is 5.39. The molecule has 1 aromatic rings. The van der Waals surface area contributed by atoms with Crippen LogP contribution in [0.1, 0.15) is 31.7 Å². The van der Waals surface area contributed by atoms with E-state index < -0.39 is 21.6 Å². The van der Waals surface area contributed by atoms with Gasteiger partial charge in [-0.3, -0.25) is 0 Å². The van der Waals surface area contributed by atoms with Crippen LogP contribution in [0.15, 0.2) is 29.2 Å². The Morgan fingerprint density at radius 1 is 1.29 bits per heavy atom. The molecule has 0 aromatic heterocycles. The van der Waals surface area contributed by atoms with Crippen molar-refractivity contribution in [2.45, 2.75) is 31.1 Å². The molecule has 1 rings (SSSR count). The first kappa shape index (κ1) is 13.7. The minimum atomic E-state index is -3.77. The monoisotopic (exact) mass is 255 g/mol. The van der Waals surface area contributed by atoms with Crippen LogP contribution in [0.2, 0.25) is 0 Å². The van der Waals surface area contributed by atoms with Crippen LogP contribution < -0.4 is 5.11 Å². The normalized spacial score (nSPS) is 13.3. The lowest BCUT2D eigenvalue weighted by molar-refractivity contribution is -0.301. The summed E-state index contributed by atoms with van der Waals surface area (Å²) in [5.74, 6) is -2.21. The maximum atomic E-state index is 11.6. The number of aliphatic carboxylic acids is 1. The Morgan fingerprint density at radius 2 is 1.82 bits per heavy atom. The van der Waals surface area contributed by atoms with Gasteiger partial charge in [0.25, 0.3) is 0 Å². The van der Waals surface area contributed by atoms with Crippen molar-refractivity contribution < 1.29 is 18.3 Å². The molecule has 0 fully saturated rings. The maximum absolute atomic E-state index is 11.6. The van der Waals surface area contributed by atoms with E-state index in [0.29, 0.717) is 5.92 Å². The van der Waals surface area contributed by atoms with Gasteiger partial charge in [0.2, 0.25) is 0 Å². The zero-order chi connectivity index (χ0) is 13.1. The van der Waals surface area contributed by atoms with Gasteiger partial charge in [-0.05, 0) is 30.0 Å². The molecule has 4 nitrogen and oxygen atoms in total. The van der Waals surface area contributed by atoms with Crippen LogP contribution in [0.4, 0.5) is 0 Å². The second kappa shape index (κ2) is 5.31. The molecule has 0 bridgehead atoms. The Bertz CT molecular complexity index is 488. The Kier molecular flexibility index (Phi) is 4.28. The van der Waals surface area contributed by atoms with E-state index >= 15 is 0 Å². The largest absolute Gasteiger partial charge is 0.549 e. The quantitative estimate of drug-likeness (QED) is 0.777. The van der Waals surface area contributed by atoms with E-state index in [1.165, 1.54) is 12.1 Å². The number of rotatable bonds is 5. The van der Waals surface area contributed by atoms with Gasteiger partial charge in [0.05, 0.1) is 16.6 Å². The van der Waals surface area contributed by atoms with Gasteiger partial charge in [-0.1, -0.05) is 26.0 Å². The van der Waals surface area contributed by atoms with Crippen molar-refractivity contribution >= 4 is 15.8 Å². The van der Waals surface area contributed by atoms with Crippen LogP contribution in [0, 0.1) is 0 Å². The fourth-order valence-electron chi connectivity index (χ4n) is 1.48. The predicted octanol–water partition coefficient (Wildman–Crippen LogP) is 0.724. The smallest absolute Gasteiger partial charge is 0.183 e. The third-order valence-electron chi connectivity index (χ3n) is 2.73. The van der Waals surface area contributed by atoms with Crippen molar-refractivity contribution in [3.05, 3.63) is 29.8 Å². The van der Waals surface area contributed by atoms with Gasteiger partial charge >= 0.3 is 0 Å². The Balaban J connectivity index is 2.99. The third-order valence-corrected chi connectivity index (χ3v) is 4.33. The van der Waals surface area contributed by atoms with Crippen LogP contribution in [0.3, 0.4) is 0 Å². The molecule has 1 unspecified atom stereocenters. The fraction of sp³-hybridized carbons (Fsp3) is 0.417. The third kappa shape index (κ3) is 3.56. The summed E-state index contributed by atoms with van der Waals surface area (Å²) in [6.45, 7) is 4.09. The Labute approximate surface area is 101 Å². The highest BCUT2D eigenvalue weighted by Gasteiger charge is 2.15. The second-order valence-electron chi connectivity index (χ2n) is 4.01. The molecule has 0 spiro atoms. The van der Waals surface area contributed by atoms with Crippen LogP contribution >= 0.6 is 0 Å². The van der Waals surface area contributed by atoms with Crippen LogP contribution in [0.25, 0.3) is 0 Å². The first-order valence-corrected chi connectivity index (χ1v) is 7.04. The summed E-state index contributed by atoms with van der Waals surface area (Å²) in [4.78, 5) is 10.3. The molecule has 0 aliphatic heterocycles. The molecule has 17 heavy (non-hydrogen) atoms. The number of carboxylic acids is 1. The van der Waals surface area contributed by atoms with Crippen molar-refractivity contribution in [3.8, 4) is 0 Å². The lowest BCUT2D eigenvalue weighted by Gasteiger charge is -2.10. The molecule has 0 saturated heterocycles. The molecule has 0 amide bonds. The minimum absolute atomic E-state index is 0.0220. The highest BCUT2D eigenvalue weighted by atomic mass is 32.2. The highest BCUT2D eigenvalue weighted by Crippen LogP contribution is 2.20. The van der Waals surface area contributed by atoms with Crippen LogP contribution in [0.5, 0.6) is 0 Å². The number of benzene rings is 1. The van der Waals surface area contributed by atoms with Gasteiger partial charge in [0.15, 0.2) is 9.84 Å². The van der Waals surface area contributed by atoms with E-state index in [0.717, 1.165) is 12.0 Å². The molecule has 5 heteroatoms. The summed E-state index contributed by atoms with van der Waals surface area (Å²) in [7, 11) is -3.77.